The second kappa shape index (κ2) is 12.4. The number of rotatable bonds is 11. The maximum absolute atomic E-state index is 13.4. The normalized spacial score (nSPS) is 19.4. The smallest absolute Gasteiger partial charge is 0.327 e. The van der Waals surface area contributed by atoms with E-state index in [4.69, 9.17) is 9.15 Å². The molecular weight excluding hydrogens is 476 g/mol. The summed E-state index contributed by atoms with van der Waals surface area (Å²) in [4.78, 5) is 54.3. The molecule has 2 heterocycles. The summed E-state index contributed by atoms with van der Waals surface area (Å²) >= 11 is 0. The number of urea groups is 1. The van der Waals surface area contributed by atoms with Crippen molar-refractivity contribution in [3.63, 3.8) is 0 Å². The molecule has 2 aromatic rings. The summed E-state index contributed by atoms with van der Waals surface area (Å²) in [5, 5.41) is 5.62. The fourth-order valence-electron chi connectivity index (χ4n) is 5.03. The van der Waals surface area contributed by atoms with Gasteiger partial charge >= 0.3 is 6.03 Å². The lowest BCUT2D eigenvalue weighted by atomic mass is 9.81. The summed E-state index contributed by atoms with van der Waals surface area (Å²) in [6.07, 6.45) is 6.15. The molecule has 0 bridgehead atoms. The molecule has 1 saturated carbocycles. The lowest BCUT2D eigenvalue weighted by Crippen LogP contribution is -2.63. The first kappa shape index (κ1) is 26.2. The summed E-state index contributed by atoms with van der Waals surface area (Å²) in [7, 11) is 1.57. The van der Waals surface area contributed by atoms with E-state index >= 15 is 0 Å². The Kier molecular flexibility index (Phi) is 8.81. The molecule has 2 aliphatic rings. The first-order valence-corrected chi connectivity index (χ1v) is 12.8. The minimum absolute atomic E-state index is 0.114. The van der Waals surface area contributed by atoms with Crippen LogP contribution in [0.2, 0.25) is 0 Å². The second-order valence-corrected chi connectivity index (χ2v) is 9.45. The Morgan fingerprint density at radius 2 is 1.84 bits per heavy atom. The van der Waals surface area contributed by atoms with E-state index in [1.165, 1.54) is 4.90 Å². The third kappa shape index (κ3) is 6.69. The molecule has 2 atom stereocenters. The molecule has 10 heteroatoms. The van der Waals surface area contributed by atoms with Gasteiger partial charge in [0.15, 0.2) is 0 Å². The average molecular weight is 511 g/mol. The summed E-state index contributed by atoms with van der Waals surface area (Å²) in [6, 6.07) is 9.82. The maximum atomic E-state index is 13.4. The Labute approximate surface area is 216 Å². The SMILES string of the molecule is COc1ccc(NC(=O)CN2C(=O)N(CCCCC(=O)NCc3ccco3)C(=O)C3CCCCC32)cc1. The standard InChI is InChI=1S/C27H34N4O6/c1-36-20-13-11-19(12-14-20)29-25(33)18-31-23-9-3-2-8-22(23)26(34)30(27(31)35)15-5-4-10-24(32)28-17-21-7-6-16-37-21/h6-7,11-14,16,22-23H,2-5,8-10,15,17-18H2,1H3,(H,28,32)(H,29,33). The van der Waals surface area contributed by atoms with Crippen molar-refractivity contribution in [2.24, 2.45) is 5.92 Å². The van der Waals surface area contributed by atoms with Crippen molar-refractivity contribution in [1.29, 1.82) is 0 Å². The number of unbranched alkanes of at least 4 members (excludes halogenated alkanes) is 1. The van der Waals surface area contributed by atoms with E-state index in [-0.39, 0.29) is 49.2 Å². The molecule has 1 aromatic heterocycles. The number of carbonyl (C=O) groups excluding carboxylic acids is 4. The van der Waals surface area contributed by atoms with Gasteiger partial charge in [-0.15, -0.1) is 0 Å². The van der Waals surface area contributed by atoms with Crippen molar-refractivity contribution >= 4 is 29.4 Å². The zero-order valence-electron chi connectivity index (χ0n) is 21.1. The van der Waals surface area contributed by atoms with Gasteiger partial charge in [-0.2, -0.15) is 0 Å². The quantitative estimate of drug-likeness (QED) is 0.446. The minimum atomic E-state index is -0.430. The number of amides is 5. The number of fused-ring (bicyclic) bond motifs is 1. The Bertz CT molecular complexity index is 1080. The molecule has 37 heavy (non-hydrogen) atoms. The zero-order valence-corrected chi connectivity index (χ0v) is 21.1. The highest BCUT2D eigenvalue weighted by Gasteiger charge is 2.47. The average Bonchev–Trinajstić information content (AvgIpc) is 3.44. The molecule has 0 radical (unpaired) electrons. The van der Waals surface area contributed by atoms with E-state index in [9.17, 15) is 19.2 Å². The number of hydrogen-bond acceptors (Lipinski definition) is 6. The van der Waals surface area contributed by atoms with Gasteiger partial charge in [0.1, 0.15) is 18.1 Å². The van der Waals surface area contributed by atoms with E-state index in [1.807, 2.05) is 0 Å². The summed E-state index contributed by atoms with van der Waals surface area (Å²) in [6.45, 7) is 0.430. The fraction of sp³-hybridized carbons (Fsp3) is 0.481. The number of methoxy groups -OCH3 is 1. The molecule has 1 aromatic carbocycles. The van der Waals surface area contributed by atoms with E-state index in [1.54, 1.807) is 54.7 Å². The fourth-order valence-corrected chi connectivity index (χ4v) is 5.03. The van der Waals surface area contributed by atoms with Crippen LogP contribution in [0.4, 0.5) is 10.5 Å². The molecule has 4 rings (SSSR count). The third-order valence-electron chi connectivity index (χ3n) is 6.95. The van der Waals surface area contributed by atoms with Gasteiger partial charge in [0, 0.05) is 24.7 Å². The van der Waals surface area contributed by atoms with Crippen molar-refractivity contribution in [2.45, 2.75) is 57.5 Å². The number of anilines is 1. The zero-order chi connectivity index (χ0) is 26.2. The van der Waals surface area contributed by atoms with E-state index in [0.717, 1.165) is 12.8 Å². The van der Waals surface area contributed by atoms with Gasteiger partial charge in [-0.1, -0.05) is 12.8 Å². The van der Waals surface area contributed by atoms with Crippen molar-refractivity contribution in [3.05, 3.63) is 48.4 Å². The van der Waals surface area contributed by atoms with Crippen LogP contribution in [0.25, 0.3) is 0 Å². The number of imide groups is 1. The molecule has 1 aliphatic heterocycles. The first-order valence-electron chi connectivity index (χ1n) is 12.8. The van der Waals surface area contributed by atoms with Crippen LogP contribution in [0.5, 0.6) is 5.75 Å². The van der Waals surface area contributed by atoms with E-state index in [2.05, 4.69) is 10.6 Å². The van der Waals surface area contributed by atoms with Crippen LogP contribution in [0.15, 0.2) is 47.1 Å². The molecule has 1 aliphatic carbocycles. The Morgan fingerprint density at radius 3 is 2.57 bits per heavy atom. The molecule has 5 amide bonds. The Balaban J connectivity index is 1.31. The molecule has 2 unspecified atom stereocenters. The van der Waals surface area contributed by atoms with Crippen LogP contribution in [-0.4, -0.2) is 59.8 Å². The van der Waals surface area contributed by atoms with Gasteiger partial charge in [0.2, 0.25) is 17.7 Å². The molecule has 2 N–H and O–H groups in total. The minimum Gasteiger partial charge on any atom is -0.497 e. The van der Waals surface area contributed by atoms with Gasteiger partial charge in [-0.3, -0.25) is 19.3 Å². The monoisotopic (exact) mass is 510 g/mol. The van der Waals surface area contributed by atoms with E-state index in [0.29, 0.717) is 49.4 Å². The number of benzene rings is 1. The van der Waals surface area contributed by atoms with Crippen molar-refractivity contribution in [1.82, 2.24) is 15.1 Å². The van der Waals surface area contributed by atoms with Crippen molar-refractivity contribution in [3.8, 4) is 5.75 Å². The topological polar surface area (TPSA) is 121 Å². The van der Waals surface area contributed by atoms with Gasteiger partial charge in [0.05, 0.1) is 25.8 Å². The number of furan rings is 1. The molecule has 0 spiro atoms. The molecular formula is C27H34N4O6. The highest BCUT2D eigenvalue weighted by Crippen LogP contribution is 2.34. The maximum Gasteiger partial charge on any atom is 0.327 e. The third-order valence-corrected chi connectivity index (χ3v) is 6.95. The van der Waals surface area contributed by atoms with Crippen LogP contribution >= 0.6 is 0 Å². The number of carbonyl (C=O) groups is 4. The summed E-state index contributed by atoms with van der Waals surface area (Å²) in [5.74, 6) is 0.470. The molecule has 2 fully saturated rings. The molecule has 10 nitrogen and oxygen atoms in total. The van der Waals surface area contributed by atoms with Gasteiger partial charge in [0.25, 0.3) is 0 Å². The largest absolute Gasteiger partial charge is 0.497 e. The Hall–Kier alpha value is -3.82. The van der Waals surface area contributed by atoms with Gasteiger partial charge in [-0.05, 0) is 62.1 Å². The first-order chi connectivity index (χ1) is 18.0. The van der Waals surface area contributed by atoms with Gasteiger partial charge < -0.3 is 24.7 Å². The van der Waals surface area contributed by atoms with Crippen LogP contribution in [-0.2, 0) is 20.9 Å². The lowest BCUT2D eigenvalue weighted by Gasteiger charge is -2.46. The van der Waals surface area contributed by atoms with Crippen LogP contribution in [0.1, 0.15) is 50.7 Å². The van der Waals surface area contributed by atoms with Crippen molar-refractivity contribution < 1.29 is 28.3 Å². The highest BCUT2D eigenvalue weighted by atomic mass is 16.5. The van der Waals surface area contributed by atoms with E-state index < -0.39 is 6.03 Å². The lowest BCUT2D eigenvalue weighted by molar-refractivity contribution is -0.141. The van der Waals surface area contributed by atoms with Crippen LogP contribution < -0.4 is 15.4 Å². The number of nitrogens with one attached hydrogen (secondary N) is 2. The number of hydrogen-bond donors (Lipinski definition) is 2. The Morgan fingerprint density at radius 1 is 1.05 bits per heavy atom. The van der Waals surface area contributed by atoms with Crippen LogP contribution in [0, 0.1) is 5.92 Å². The van der Waals surface area contributed by atoms with Crippen molar-refractivity contribution in [2.75, 3.05) is 25.5 Å². The predicted molar refractivity (Wildman–Crippen MR) is 136 cm³/mol. The predicted octanol–water partition coefficient (Wildman–Crippen LogP) is 3.54. The van der Waals surface area contributed by atoms with Gasteiger partial charge in [-0.25, -0.2) is 4.79 Å². The summed E-state index contributed by atoms with van der Waals surface area (Å²) < 4.78 is 10.3. The highest BCUT2D eigenvalue weighted by molar-refractivity contribution is 6.01. The molecule has 1 saturated heterocycles. The number of nitrogens with zero attached hydrogens (tertiary/aromatic N) is 2. The summed E-state index contributed by atoms with van der Waals surface area (Å²) in [5.41, 5.74) is 0.605. The number of ether oxygens (including phenoxy) is 1. The van der Waals surface area contributed by atoms with Crippen LogP contribution in [0.3, 0.4) is 0 Å². The second-order valence-electron chi connectivity index (χ2n) is 9.45. The molecule has 198 valence electrons.